The number of benzene rings is 1. The van der Waals surface area contributed by atoms with Crippen molar-refractivity contribution in [2.45, 2.75) is 69.8 Å². The van der Waals surface area contributed by atoms with E-state index in [1.807, 2.05) is 44.2 Å². The molecule has 1 aromatic rings. The van der Waals surface area contributed by atoms with Crippen LogP contribution >= 0.6 is 0 Å². The largest absolute Gasteiger partial charge is 0.490 e. The van der Waals surface area contributed by atoms with Crippen LogP contribution in [0.3, 0.4) is 0 Å². The van der Waals surface area contributed by atoms with Gasteiger partial charge in [0.25, 0.3) is 0 Å². The number of alkyl halides is 3. The summed E-state index contributed by atoms with van der Waals surface area (Å²) in [6.45, 7) is 3.80. The molecular weight excluding hydrogens is 467 g/mol. The van der Waals surface area contributed by atoms with Crippen LogP contribution in [0.1, 0.15) is 51.5 Å². The van der Waals surface area contributed by atoms with E-state index >= 15 is 0 Å². The maximum atomic E-state index is 12.6. The van der Waals surface area contributed by atoms with Crippen LogP contribution in [-0.4, -0.2) is 59.7 Å². The Hall–Kier alpha value is -2.63. The third-order valence-electron chi connectivity index (χ3n) is 4.49. The minimum absolute atomic E-state index is 0.112. The molecule has 0 aliphatic heterocycles. The summed E-state index contributed by atoms with van der Waals surface area (Å²) in [5, 5.41) is 18.3. The predicted octanol–water partition coefficient (Wildman–Crippen LogP) is 3.21. The zero-order valence-corrected chi connectivity index (χ0v) is 19.3. The first kappa shape index (κ1) is 30.4. The summed E-state index contributed by atoms with van der Waals surface area (Å²) >= 11 is 0. The molecule has 1 amide bonds. The summed E-state index contributed by atoms with van der Waals surface area (Å²) in [5.41, 5.74) is 0.966. The molecule has 12 heteroatoms. The normalized spacial score (nSPS) is 12.4. The third-order valence-corrected chi connectivity index (χ3v) is 6.77. The lowest BCUT2D eigenvalue weighted by Gasteiger charge is -2.20. The van der Waals surface area contributed by atoms with Crippen molar-refractivity contribution >= 4 is 27.7 Å². The molecule has 188 valence electrons. The van der Waals surface area contributed by atoms with Crippen molar-refractivity contribution < 1.29 is 46.2 Å². The van der Waals surface area contributed by atoms with Gasteiger partial charge in [-0.1, -0.05) is 57.0 Å². The van der Waals surface area contributed by atoms with Gasteiger partial charge in [0.05, 0.1) is 11.0 Å². The van der Waals surface area contributed by atoms with Crippen molar-refractivity contribution in [3.8, 4) is 0 Å². The second-order valence-electron chi connectivity index (χ2n) is 7.28. The van der Waals surface area contributed by atoms with Gasteiger partial charge in [0.15, 0.2) is 9.84 Å². The third kappa shape index (κ3) is 12.9. The van der Waals surface area contributed by atoms with Crippen LogP contribution in [0.4, 0.5) is 13.2 Å². The zero-order valence-electron chi connectivity index (χ0n) is 18.5. The molecule has 0 aliphatic carbocycles. The molecule has 0 aliphatic rings. The number of aliphatic carboxylic acids is 2. The second-order valence-corrected chi connectivity index (χ2v) is 9.60. The summed E-state index contributed by atoms with van der Waals surface area (Å²) < 4.78 is 56.9. The number of nitrogens with one attached hydrogen (secondary N) is 1. The van der Waals surface area contributed by atoms with E-state index in [9.17, 15) is 36.3 Å². The van der Waals surface area contributed by atoms with Gasteiger partial charge in [-0.2, -0.15) is 13.2 Å². The van der Waals surface area contributed by atoms with Crippen LogP contribution in [-0.2, 0) is 30.6 Å². The van der Waals surface area contributed by atoms with E-state index in [2.05, 4.69) is 5.32 Å². The Morgan fingerprint density at radius 3 is 1.88 bits per heavy atom. The molecule has 33 heavy (non-hydrogen) atoms. The average molecular weight is 498 g/mol. The van der Waals surface area contributed by atoms with Gasteiger partial charge < -0.3 is 15.5 Å². The van der Waals surface area contributed by atoms with Crippen molar-refractivity contribution in [1.82, 2.24) is 5.32 Å². The van der Waals surface area contributed by atoms with Crippen molar-refractivity contribution in [2.24, 2.45) is 0 Å². The van der Waals surface area contributed by atoms with E-state index in [0.717, 1.165) is 5.56 Å². The van der Waals surface area contributed by atoms with E-state index in [1.54, 1.807) is 0 Å². The Kier molecular flexibility index (Phi) is 13.3. The molecular formula is C21H30F3NO7S. The Balaban J connectivity index is 0.00000126. The molecule has 8 nitrogen and oxygen atoms in total. The number of amides is 1. The topological polar surface area (TPSA) is 138 Å². The van der Waals surface area contributed by atoms with Crippen molar-refractivity contribution in [3.63, 3.8) is 0 Å². The fourth-order valence-electron chi connectivity index (χ4n) is 2.86. The van der Waals surface area contributed by atoms with Crippen LogP contribution in [0.2, 0.25) is 0 Å². The lowest BCUT2D eigenvalue weighted by atomic mass is 10.1. The zero-order chi connectivity index (χ0) is 25.7. The number of halogens is 3. The first-order valence-electron chi connectivity index (χ1n) is 10.3. The quantitative estimate of drug-likeness (QED) is 0.403. The predicted molar refractivity (Wildman–Crippen MR) is 115 cm³/mol. The molecule has 1 unspecified atom stereocenters. The summed E-state index contributed by atoms with van der Waals surface area (Å²) in [5.74, 6) is -5.11. The van der Waals surface area contributed by atoms with Crippen molar-refractivity contribution in [2.75, 3.05) is 5.75 Å². The fraction of sp³-hybridized carbons (Fsp3) is 0.571. The first-order valence-corrected chi connectivity index (χ1v) is 12.0. The molecule has 0 heterocycles. The van der Waals surface area contributed by atoms with Crippen LogP contribution < -0.4 is 5.32 Å². The van der Waals surface area contributed by atoms with E-state index in [-0.39, 0.29) is 6.42 Å². The van der Waals surface area contributed by atoms with Gasteiger partial charge in [0.1, 0.15) is 6.04 Å². The molecule has 0 spiro atoms. The number of carbonyl (C=O) groups excluding carboxylic acids is 1. The molecule has 0 saturated carbocycles. The minimum atomic E-state index is -5.08. The van der Waals surface area contributed by atoms with Crippen LogP contribution in [0.5, 0.6) is 0 Å². The number of sulfone groups is 1. The Morgan fingerprint density at radius 1 is 1.00 bits per heavy atom. The van der Waals surface area contributed by atoms with Gasteiger partial charge in [-0.15, -0.1) is 0 Å². The Morgan fingerprint density at radius 2 is 1.48 bits per heavy atom. The van der Waals surface area contributed by atoms with E-state index < -0.39 is 50.9 Å². The van der Waals surface area contributed by atoms with E-state index in [1.165, 1.54) is 0 Å². The number of carboxylic acid groups (broad SMARTS) is 2. The number of hydrogen-bond acceptors (Lipinski definition) is 5. The van der Waals surface area contributed by atoms with Crippen LogP contribution in [0.25, 0.3) is 0 Å². The highest BCUT2D eigenvalue weighted by Crippen LogP contribution is 2.17. The number of aryl methyl sites for hydroxylation is 1. The van der Waals surface area contributed by atoms with Crippen LogP contribution in [0.15, 0.2) is 30.3 Å². The molecule has 0 radical (unpaired) electrons. The van der Waals surface area contributed by atoms with Gasteiger partial charge in [-0.25, -0.2) is 18.0 Å². The summed E-state index contributed by atoms with van der Waals surface area (Å²) in [4.78, 5) is 32.4. The van der Waals surface area contributed by atoms with Gasteiger partial charge >= 0.3 is 18.1 Å². The van der Waals surface area contributed by atoms with Gasteiger partial charge in [0, 0.05) is 6.42 Å². The molecule has 0 saturated heterocycles. The van der Waals surface area contributed by atoms with Gasteiger partial charge in [-0.3, -0.25) is 4.79 Å². The SMILES string of the molecule is CCCC(CCC)S(=O)(=O)CC(NC(=O)CCc1ccccc1)C(=O)O.O=C(O)C(F)(F)F. The molecule has 0 fully saturated rings. The summed E-state index contributed by atoms with van der Waals surface area (Å²) in [6.07, 6.45) is -2.06. The van der Waals surface area contributed by atoms with E-state index in [0.29, 0.717) is 32.1 Å². The second kappa shape index (κ2) is 14.5. The smallest absolute Gasteiger partial charge is 0.480 e. The molecule has 3 N–H and O–H groups in total. The average Bonchev–Trinajstić information content (AvgIpc) is 2.72. The highest BCUT2D eigenvalue weighted by atomic mass is 32.2. The highest BCUT2D eigenvalue weighted by molar-refractivity contribution is 7.92. The Bertz CT molecular complexity index is 852. The molecule has 1 rings (SSSR count). The standard InChI is InChI=1S/C19H29NO5S.C2HF3O2/c1-3-8-16(9-4-2)26(24,25)14-17(19(22)23)20-18(21)13-12-15-10-6-5-7-11-15;3-2(4,5)1(6)7/h5-7,10-11,16-17H,3-4,8-9,12-14H2,1-2H3,(H,20,21)(H,22,23);(H,6,7). The lowest BCUT2D eigenvalue weighted by Crippen LogP contribution is -2.47. The van der Waals surface area contributed by atoms with E-state index in [4.69, 9.17) is 9.90 Å². The van der Waals surface area contributed by atoms with Crippen molar-refractivity contribution in [1.29, 1.82) is 0 Å². The number of carbonyl (C=O) groups is 3. The number of rotatable bonds is 12. The van der Waals surface area contributed by atoms with Gasteiger partial charge in [-0.05, 0) is 24.8 Å². The minimum Gasteiger partial charge on any atom is -0.480 e. The maximum Gasteiger partial charge on any atom is 0.490 e. The number of carboxylic acids is 2. The van der Waals surface area contributed by atoms with Crippen LogP contribution in [0, 0.1) is 0 Å². The fourth-order valence-corrected chi connectivity index (χ4v) is 5.01. The monoisotopic (exact) mass is 497 g/mol. The molecule has 1 atom stereocenters. The lowest BCUT2D eigenvalue weighted by molar-refractivity contribution is -0.192. The van der Waals surface area contributed by atoms with Gasteiger partial charge in [0.2, 0.25) is 5.91 Å². The molecule has 0 bridgehead atoms. The molecule has 0 aromatic heterocycles. The molecule has 1 aromatic carbocycles. The highest BCUT2D eigenvalue weighted by Gasteiger charge is 2.38. The maximum absolute atomic E-state index is 12.6. The summed E-state index contributed by atoms with van der Waals surface area (Å²) in [7, 11) is -3.60. The summed E-state index contributed by atoms with van der Waals surface area (Å²) in [6, 6.07) is 7.94. The van der Waals surface area contributed by atoms with Crippen molar-refractivity contribution in [3.05, 3.63) is 35.9 Å². The first-order chi connectivity index (χ1) is 15.2. The Labute approximate surface area is 191 Å². The number of hydrogen-bond donors (Lipinski definition) is 3.